The van der Waals surface area contributed by atoms with Crippen LogP contribution in [0.2, 0.25) is 0 Å². The lowest BCUT2D eigenvalue weighted by Crippen LogP contribution is -2.26. The van der Waals surface area contributed by atoms with Crippen molar-refractivity contribution >= 4 is 28.1 Å². The number of fused-ring (bicyclic) bond motifs is 1. The summed E-state index contributed by atoms with van der Waals surface area (Å²) >= 11 is 1.46. The van der Waals surface area contributed by atoms with Gasteiger partial charge in [-0.3, -0.25) is 4.79 Å². The number of thiazole rings is 1. The van der Waals surface area contributed by atoms with Crippen LogP contribution in [0.5, 0.6) is 0 Å². The summed E-state index contributed by atoms with van der Waals surface area (Å²) in [6.45, 7) is 1.74. The highest BCUT2D eigenvalue weighted by atomic mass is 32.1. The van der Waals surface area contributed by atoms with Gasteiger partial charge >= 0.3 is 0 Å². The largest absolute Gasteiger partial charge is 0.425 e. The van der Waals surface area contributed by atoms with E-state index in [2.05, 4.69) is 43.3 Å². The molecule has 1 N–H and O–H groups in total. The highest BCUT2D eigenvalue weighted by Crippen LogP contribution is 2.39. The molecule has 31 heavy (non-hydrogen) atoms. The van der Waals surface area contributed by atoms with Crippen molar-refractivity contribution in [3.63, 3.8) is 0 Å². The normalized spacial score (nSPS) is 13.7. The molecule has 1 amide bonds. The summed E-state index contributed by atoms with van der Waals surface area (Å²) in [6, 6.07) is 10.3. The number of nitrogens with one attached hydrogen (secondary N) is 1. The summed E-state index contributed by atoms with van der Waals surface area (Å²) in [6.07, 6.45) is 2.75. The average Bonchev–Trinajstić information content (AvgIpc) is 3.19. The minimum absolute atomic E-state index is 0.205. The monoisotopic (exact) mass is 437 g/mol. The summed E-state index contributed by atoms with van der Waals surface area (Å²) in [5.41, 5.74) is 2.52. The minimum atomic E-state index is -0.205. The van der Waals surface area contributed by atoms with Crippen molar-refractivity contribution in [2.45, 2.75) is 31.7 Å². The van der Waals surface area contributed by atoms with Gasteiger partial charge in [-0.05, 0) is 25.0 Å². The Morgan fingerprint density at radius 3 is 3.03 bits per heavy atom. The quantitative estimate of drug-likeness (QED) is 0.430. The summed E-state index contributed by atoms with van der Waals surface area (Å²) < 4.78 is 13.1. The number of aromatic nitrogens is 4. The van der Waals surface area contributed by atoms with Crippen molar-refractivity contribution in [1.82, 2.24) is 25.1 Å². The van der Waals surface area contributed by atoms with Crippen LogP contribution < -0.4 is 5.32 Å². The van der Waals surface area contributed by atoms with E-state index >= 15 is 0 Å². The lowest BCUT2D eigenvalue weighted by Gasteiger charge is -2.08. The molecular formula is C22H23N5O3S. The molecule has 1 aliphatic carbocycles. The molecule has 8 nitrogen and oxygen atoms in total. The molecule has 0 atom stereocenters. The van der Waals surface area contributed by atoms with E-state index in [1.165, 1.54) is 11.3 Å². The maximum Gasteiger partial charge on any atom is 0.270 e. The molecule has 9 heteroatoms. The zero-order chi connectivity index (χ0) is 21.2. The molecule has 1 saturated carbocycles. The van der Waals surface area contributed by atoms with Gasteiger partial charge in [0.05, 0.1) is 12.3 Å². The van der Waals surface area contributed by atoms with Crippen molar-refractivity contribution in [2.24, 2.45) is 0 Å². The van der Waals surface area contributed by atoms with Gasteiger partial charge in [0.25, 0.3) is 5.91 Å². The lowest BCUT2D eigenvalue weighted by atomic mass is 10.2. The first kappa shape index (κ1) is 19.9. The van der Waals surface area contributed by atoms with E-state index in [0.717, 1.165) is 34.4 Å². The number of rotatable bonds is 9. The number of benzene rings is 1. The first-order valence-corrected chi connectivity index (χ1v) is 11.2. The number of hydrogen-bond acceptors (Lipinski definition) is 7. The van der Waals surface area contributed by atoms with Crippen molar-refractivity contribution in [3.05, 3.63) is 53.2 Å². The molecule has 0 bridgehead atoms. The maximum absolute atomic E-state index is 12.6. The SMILES string of the molecule is COCCn1c(-c2nc(C(=O)NCCc3nnc(C4CC4)o3)cs2)cc2ccccc21. The number of methoxy groups -OCH3 is 1. The first-order valence-electron chi connectivity index (χ1n) is 10.4. The van der Waals surface area contributed by atoms with Gasteiger partial charge in [0.2, 0.25) is 11.8 Å². The van der Waals surface area contributed by atoms with Gasteiger partial charge in [0.15, 0.2) is 0 Å². The van der Waals surface area contributed by atoms with Crippen LogP contribution in [0.1, 0.15) is 41.0 Å². The van der Waals surface area contributed by atoms with Crippen molar-refractivity contribution in [1.29, 1.82) is 0 Å². The Hall–Kier alpha value is -3.04. The van der Waals surface area contributed by atoms with Gasteiger partial charge in [-0.15, -0.1) is 21.5 Å². The van der Waals surface area contributed by atoms with Gasteiger partial charge < -0.3 is 19.0 Å². The van der Waals surface area contributed by atoms with Crippen LogP contribution in [0.15, 0.2) is 40.1 Å². The summed E-state index contributed by atoms with van der Waals surface area (Å²) in [4.78, 5) is 17.2. The Balaban J connectivity index is 1.27. The van der Waals surface area contributed by atoms with Gasteiger partial charge in [-0.1, -0.05) is 18.2 Å². The molecule has 0 saturated heterocycles. The molecule has 3 aromatic heterocycles. The van der Waals surface area contributed by atoms with Crippen LogP contribution in [0, 0.1) is 0 Å². The predicted molar refractivity (Wildman–Crippen MR) is 117 cm³/mol. The summed E-state index contributed by atoms with van der Waals surface area (Å²) in [5.74, 6) is 1.51. The zero-order valence-corrected chi connectivity index (χ0v) is 18.0. The van der Waals surface area contributed by atoms with E-state index < -0.39 is 0 Å². The van der Waals surface area contributed by atoms with E-state index in [9.17, 15) is 4.79 Å². The molecule has 160 valence electrons. The first-order chi connectivity index (χ1) is 15.2. The molecule has 0 radical (unpaired) electrons. The Morgan fingerprint density at radius 2 is 2.19 bits per heavy atom. The smallest absolute Gasteiger partial charge is 0.270 e. The minimum Gasteiger partial charge on any atom is -0.425 e. The molecule has 1 aromatic carbocycles. The third-order valence-corrected chi connectivity index (χ3v) is 6.18. The Kier molecular flexibility index (Phi) is 5.52. The predicted octanol–water partition coefficient (Wildman–Crippen LogP) is 3.64. The van der Waals surface area contributed by atoms with E-state index in [1.54, 1.807) is 12.5 Å². The third-order valence-electron chi connectivity index (χ3n) is 5.32. The fourth-order valence-corrected chi connectivity index (χ4v) is 4.37. The number of carbonyl (C=O) groups excluding carboxylic acids is 1. The van der Waals surface area contributed by atoms with Crippen LogP contribution in [-0.4, -0.2) is 45.9 Å². The molecule has 3 heterocycles. The number of nitrogens with zero attached hydrogens (tertiary/aromatic N) is 4. The van der Waals surface area contributed by atoms with Gasteiger partial charge in [-0.2, -0.15) is 0 Å². The molecule has 0 spiro atoms. The molecule has 4 aromatic rings. The van der Waals surface area contributed by atoms with Crippen LogP contribution in [0.4, 0.5) is 0 Å². The Labute approximate surface area is 183 Å². The fraction of sp³-hybridized carbons (Fsp3) is 0.364. The van der Waals surface area contributed by atoms with Crippen molar-refractivity contribution < 1.29 is 13.9 Å². The number of amides is 1. The van der Waals surface area contributed by atoms with Crippen LogP contribution >= 0.6 is 11.3 Å². The highest BCUT2D eigenvalue weighted by molar-refractivity contribution is 7.13. The van der Waals surface area contributed by atoms with Crippen LogP contribution in [-0.2, 0) is 17.7 Å². The van der Waals surface area contributed by atoms with Gasteiger partial charge in [-0.25, -0.2) is 4.98 Å². The number of hydrogen-bond donors (Lipinski definition) is 1. The molecule has 0 unspecified atom stereocenters. The molecule has 0 aliphatic heterocycles. The summed E-state index contributed by atoms with van der Waals surface area (Å²) in [5, 5.41) is 14.8. The fourth-order valence-electron chi connectivity index (χ4n) is 3.54. The average molecular weight is 438 g/mol. The topological polar surface area (TPSA) is 95.1 Å². The third kappa shape index (κ3) is 4.24. The second-order valence-electron chi connectivity index (χ2n) is 7.58. The van der Waals surface area contributed by atoms with Gasteiger partial charge in [0.1, 0.15) is 10.7 Å². The van der Waals surface area contributed by atoms with E-state index in [1.807, 2.05) is 12.1 Å². The van der Waals surface area contributed by atoms with E-state index in [0.29, 0.717) is 49.5 Å². The van der Waals surface area contributed by atoms with E-state index in [-0.39, 0.29) is 5.91 Å². The maximum atomic E-state index is 12.6. The Morgan fingerprint density at radius 1 is 1.32 bits per heavy atom. The van der Waals surface area contributed by atoms with Crippen molar-refractivity contribution in [2.75, 3.05) is 20.3 Å². The molecule has 1 aliphatic rings. The Bertz CT molecular complexity index is 1210. The van der Waals surface area contributed by atoms with Crippen LogP contribution in [0.3, 0.4) is 0 Å². The molecular weight excluding hydrogens is 414 g/mol. The molecule has 5 rings (SSSR count). The molecule has 1 fully saturated rings. The van der Waals surface area contributed by atoms with E-state index in [4.69, 9.17) is 9.15 Å². The number of carbonyl (C=O) groups is 1. The van der Waals surface area contributed by atoms with Crippen molar-refractivity contribution in [3.8, 4) is 10.7 Å². The summed E-state index contributed by atoms with van der Waals surface area (Å²) in [7, 11) is 1.69. The second-order valence-corrected chi connectivity index (χ2v) is 8.44. The standard InChI is InChI=1S/C22H23N5O3S/c1-29-11-10-27-17-5-3-2-4-15(17)12-18(27)22-24-16(13-31-22)20(28)23-9-8-19-25-26-21(30-19)14-6-7-14/h2-5,12-14H,6-11H2,1H3,(H,23,28). The second kappa shape index (κ2) is 8.60. The zero-order valence-electron chi connectivity index (χ0n) is 17.2. The van der Waals surface area contributed by atoms with Gasteiger partial charge in [0, 0.05) is 48.8 Å². The number of ether oxygens (including phenoxy) is 1. The highest BCUT2D eigenvalue weighted by Gasteiger charge is 2.29. The lowest BCUT2D eigenvalue weighted by molar-refractivity contribution is 0.0949. The van der Waals surface area contributed by atoms with Crippen LogP contribution in [0.25, 0.3) is 21.6 Å². The number of para-hydroxylation sites is 1.